The summed E-state index contributed by atoms with van der Waals surface area (Å²) in [6, 6.07) is 5.65. The minimum absolute atomic E-state index is 0.112. The van der Waals surface area contributed by atoms with Crippen LogP contribution in [0.3, 0.4) is 0 Å². The molecule has 0 bridgehead atoms. The van der Waals surface area contributed by atoms with Gasteiger partial charge in [0.15, 0.2) is 0 Å². The summed E-state index contributed by atoms with van der Waals surface area (Å²) in [4.78, 5) is 11.3. The summed E-state index contributed by atoms with van der Waals surface area (Å²) in [6.07, 6.45) is 2.82. The summed E-state index contributed by atoms with van der Waals surface area (Å²) in [5.41, 5.74) is 0.617. The highest BCUT2D eigenvalue weighted by Crippen LogP contribution is 2.04. The van der Waals surface area contributed by atoms with Gasteiger partial charge in [-0.3, -0.25) is 4.79 Å². The molecule has 16 heavy (non-hydrogen) atoms. The summed E-state index contributed by atoms with van der Waals surface area (Å²) >= 11 is 0. The zero-order chi connectivity index (χ0) is 12.0. The van der Waals surface area contributed by atoms with Crippen molar-refractivity contribution in [2.24, 2.45) is 0 Å². The average Bonchev–Trinajstić information content (AvgIpc) is 2.26. The third kappa shape index (κ3) is 4.23. The van der Waals surface area contributed by atoms with Crippen LogP contribution in [0.15, 0.2) is 30.3 Å². The maximum Gasteiger partial charge on any atom is 0.244 e. The second-order valence-corrected chi connectivity index (χ2v) is 3.48. The number of hydrogen-bond donors (Lipinski definition) is 2. The van der Waals surface area contributed by atoms with Crippen LogP contribution in [-0.4, -0.2) is 23.7 Å². The average molecular weight is 223 g/mol. The lowest BCUT2D eigenvalue weighted by Gasteiger charge is -2.07. The molecule has 1 atom stereocenters. The SMILES string of the molecule is CC(CO)NC(=O)/C=C/c1cccc(F)c1. The van der Waals surface area contributed by atoms with Gasteiger partial charge in [0.25, 0.3) is 0 Å². The molecule has 0 fully saturated rings. The number of aliphatic hydroxyl groups excluding tert-OH is 1. The largest absolute Gasteiger partial charge is 0.394 e. The maximum absolute atomic E-state index is 12.8. The molecule has 0 aliphatic carbocycles. The molecule has 3 nitrogen and oxygen atoms in total. The van der Waals surface area contributed by atoms with E-state index in [-0.39, 0.29) is 24.4 Å². The minimum atomic E-state index is -0.341. The van der Waals surface area contributed by atoms with E-state index in [1.54, 1.807) is 19.1 Å². The van der Waals surface area contributed by atoms with E-state index in [1.165, 1.54) is 24.3 Å². The van der Waals surface area contributed by atoms with E-state index >= 15 is 0 Å². The molecule has 0 saturated carbocycles. The zero-order valence-corrected chi connectivity index (χ0v) is 8.98. The molecule has 1 rings (SSSR count). The van der Waals surface area contributed by atoms with Crippen LogP contribution < -0.4 is 5.32 Å². The van der Waals surface area contributed by atoms with Crippen LogP contribution in [0.4, 0.5) is 4.39 Å². The van der Waals surface area contributed by atoms with Crippen LogP contribution in [0.5, 0.6) is 0 Å². The number of halogens is 1. The molecule has 0 saturated heterocycles. The molecule has 1 amide bonds. The number of hydrogen-bond acceptors (Lipinski definition) is 2. The Hall–Kier alpha value is -1.68. The fourth-order valence-electron chi connectivity index (χ4n) is 1.12. The van der Waals surface area contributed by atoms with E-state index in [9.17, 15) is 9.18 Å². The predicted molar refractivity (Wildman–Crippen MR) is 60.1 cm³/mol. The smallest absolute Gasteiger partial charge is 0.244 e. The number of aliphatic hydroxyl groups is 1. The van der Waals surface area contributed by atoms with Crippen molar-refractivity contribution >= 4 is 12.0 Å². The van der Waals surface area contributed by atoms with E-state index in [1.807, 2.05) is 0 Å². The van der Waals surface area contributed by atoms with Crippen molar-refractivity contribution in [3.8, 4) is 0 Å². The third-order valence-electron chi connectivity index (χ3n) is 1.94. The number of carbonyl (C=O) groups excluding carboxylic acids is 1. The molecular weight excluding hydrogens is 209 g/mol. The Morgan fingerprint density at radius 2 is 2.38 bits per heavy atom. The Labute approximate surface area is 93.6 Å². The number of benzene rings is 1. The normalized spacial score (nSPS) is 12.7. The van der Waals surface area contributed by atoms with Gasteiger partial charge in [0.1, 0.15) is 5.82 Å². The van der Waals surface area contributed by atoms with Gasteiger partial charge in [0, 0.05) is 12.1 Å². The van der Waals surface area contributed by atoms with Crippen LogP contribution in [0.2, 0.25) is 0 Å². The van der Waals surface area contributed by atoms with Crippen molar-refractivity contribution in [2.75, 3.05) is 6.61 Å². The quantitative estimate of drug-likeness (QED) is 0.757. The van der Waals surface area contributed by atoms with Crippen molar-refractivity contribution in [3.63, 3.8) is 0 Å². The molecule has 4 heteroatoms. The second-order valence-electron chi connectivity index (χ2n) is 3.48. The molecule has 86 valence electrons. The monoisotopic (exact) mass is 223 g/mol. The van der Waals surface area contributed by atoms with Crippen molar-refractivity contribution in [1.29, 1.82) is 0 Å². The number of nitrogens with one attached hydrogen (secondary N) is 1. The first-order chi connectivity index (χ1) is 7.61. The summed E-state index contributed by atoms with van der Waals surface area (Å²) in [5, 5.41) is 11.3. The molecule has 2 N–H and O–H groups in total. The fraction of sp³-hybridized carbons (Fsp3) is 0.250. The first-order valence-electron chi connectivity index (χ1n) is 4.97. The summed E-state index contributed by atoms with van der Waals surface area (Å²) in [7, 11) is 0. The van der Waals surface area contributed by atoms with Gasteiger partial charge < -0.3 is 10.4 Å². The maximum atomic E-state index is 12.8. The molecule has 0 aliphatic heterocycles. The van der Waals surface area contributed by atoms with Crippen molar-refractivity contribution in [1.82, 2.24) is 5.32 Å². The standard InChI is InChI=1S/C12H14FNO2/c1-9(8-15)14-12(16)6-5-10-3-2-4-11(13)7-10/h2-7,9,15H,8H2,1H3,(H,14,16)/b6-5+. The van der Waals surface area contributed by atoms with Crippen LogP contribution in [-0.2, 0) is 4.79 Å². The van der Waals surface area contributed by atoms with Gasteiger partial charge in [-0.1, -0.05) is 12.1 Å². The zero-order valence-electron chi connectivity index (χ0n) is 8.98. The van der Waals surface area contributed by atoms with Gasteiger partial charge >= 0.3 is 0 Å². The lowest BCUT2D eigenvalue weighted by Crippen LogP contribution is -2.33. The van der Waals surface area contributed by atoms with Crippen LogP contribution in [0.1, 0.15) is 12.5 Å². The van der Waals surface area contributed by atoms with Crippen molar-refractivity contribution in [2.45, 2.75) is 13.0 Å². The van der Waals surface area contributed by atoms with Gasteiger partial charge in [0.05, 0.1) is 6.61 Å². The van der Waals surface area contributed by atoms with E-state index < -0.39 is 0 Å². The summed E-state index contributed by atoms with van der Waals surface area (Å²) in [6.45, 7) is 1.58. The Kier molecular flexibility index (Phi) is 4.66. The molecule has 0 radical (unpaired) electrons. The molecule has 1 aromatic carbocycles. The number of carbonyl (C=O) groups is 1. The highest BCUT2D eigenvalue weighted by molar-refractivity contribution is 5.91. The topological polar surface area (TPSA) is 49.3 Å². The Morgan fingerprint density at radius 1 is 1.62 bits per heavy atom. The Bertz CT molecular complexity index is 390. The van der Waals surface area contributed by atoms with E-state index in [4.69, 9.17) is 5.11 Å². The minimum Gasteiger partial charge on any atom is -0.394 e. The Morgan fingerprint density at radius 3 is 3.00 bits per heavy atom. The molecule has 1 aromatic rings. The summed E-state index contributed by atoms with van der Waals surface area (Å²) < 4.78 is 12.8. The van der Waals surface area contributed by atoms with Gasteiger partial charge in [-0.25, -0.2) is 4.39 Å². The number of amides is 1. The van der Waals surface area contributed by atoms with Crippen LogP contribution >= 0.6 is 0 Å². The second kappa shape index (κ2) is 6.02. The van der Waals surface area contributed by atoms with Crippen LogP contribution in [0.25, 0.3) is 6.08 Å². The Balaban J connectivity index is 2.56. The van der Waals surface area contributed by atoms with Gasteiger partial charge in [0.2, 0.25) is 5.91 Å². The lowest BCUT2D eigenvalue weighted by molar-refractivity contribution is -0.117. The predicted octanol–water partition coefficient (Wildman–Crippen LogP) is 1.34. The molecule has 0 heterocycles. The fourth-order valence-corrected chi connectivity index (χ4v) is 1.12. The van der Waals surface area contributed by atoms with Gasteiger partial charge in [-0.05, 0) is 30.7 Å². The lowest BCUT2D eigenvalue weighted by atomic mass is 10.2. The van der Waals surface area contributed by atoms with Crippen molar-refractivity contribution in [3.05, 3.63) is 41.7 Å². The van der Waals surface area contributed by atoms with Gasteiger partial charge in [-0.15, -0.1) is 0 Å². The summed E-state index contributed by atoms with van der Waals surface area (Å²) in [5.74, 6) is -0.655. The highest BCUT2D eigenvalue weighted by atomic mass is 19.1. The molecule has 0 aliphatic rings. The van der Waals surface area contributed by atoms with Crippen LogP contribution in [0, 0.1) is 5.82 Å². The van der Waals surface area contributed by atoms with E-state index in [0.717, 1.165) is 0 Å². The van der Waals surface area contributed by atoms with Crippen molar-refractivity contribution < 1.29 is 14.3 Å². The highest BCUT2D eigenvalue weighted by Gasteiger charge is 2.01. The van der Waals surface area contributed by atoms with E-state index in [0.29, 0.717) is 5.56 Å². The van der Waals surface area contributed by atoms with Gasteiger partial charge in [-0.2, -0.15) is 0 Å². The molecule has 1 unspecified atom stereocenters. The first-order valence-corrected chi connectivity index (χ1v) is 4.97. The van der Waals surface area contributed by atoms with E-state index in [2.05, 4.69) is 5.32 Å². The third-order valence-corrected chi connectivity index (χ3v) is 1.94. The molecule has 0 spiro atoms. The first kappa shape index (κ1) is 12.4. The number of rotatable bonds is 4. The molecule has 0 aromatic heterocycles. The molecular formula is C12H14FNO2.